The molecule has 0 aromatic rings. The van der Waals surface area contributed by atoms with E-state index in [1.54, 1.807) is 7.11 Å². The number of hydrogen-bond acceptors (Lipinski definition) is 4. The van der Waals surface area contributed by atoms with Gasteiger partial charge in [-0.2, -0.15) is 0 Å². The lowest BCUT2D eigenvalue weighted by molar-refractivity contribution is 0.0489. The Bertz CT molecular complexity index is 307. The van der Waals surface area contributed by atoms with Crippen molar-refractivity contribution in [2.75, 3.05) is 13.7 Å². The molecule has 0 aromatic carbocycles. The van der Waals surface area contributed by atoms with Crippen molar-refractivity contribution in [1.82, 2.24) is 10.6 Å². The van der Waals surface area contributed by atoms with Gasteiger partial charge in [0.15, 0.2) is 0 Å². The molecule has 0 aliphatic heterocycles. The molecule has 0 bridgehead atoms. The van der Waals surface area contributed by atoms with Crippen molar-refractivity contribution in [1.29, 1.82) is 0 Å². The van der Waals surface area contributed by atoms with Gasteiger partial charge in [0.25, 0.3) is 0 Å². The van der Waals surface area contributed by atoms with E-state index in [0.29, 0.717) is 12.1 Å². The van der Waals surface area contributed by atoms with Crippen LogP contribution in [0.1, 0.15) is 59.8 Å². The second kappa shape index (κ2) is 8.59. The third-order valence-electron chi connectivity index (χ3n) is 3.72. The Hall–Kier alpha value is -0.810. The minimum absolute atomic E-state index is 0.243. The van der Waals surface area contributed by atoms with E-state index in [1.807, 2.05) is 20.8 Å². The van der Waals surface area contributed by atoms with Gasteiger partial charge >= 0.3 is 6.09 Å². The third-order valence-corrected chi connectivity index (χ3v) is 3.72. The largest absolute Gasteiger partial charge is 0.444 e. The van der Waals surface area contributed by atoms with Gasteiger partial charge in [0.05, 0.1) is 0 Å². The van der Waals surface area contributed by atoms with E-state index in [-0.39, 0.29) is 12.1 Å². The molecule has 0 spiro atoms. The molecule has 21 heavy (non-hydrogen) atoms. The number of rotatable bonds is 6. The quantitative estimate of drug-likeness (QED) is 0.792. The SMILES string of the molecule is COCCC(C)NC1CCC(NC(=O)OC(C)(C)C)CC1. The Balaban J connectivity index is 2.21. The Morgan fingerprint density at radius 2 is 1.76 bits per heavy atom. The monoisotopic (exact) mass is 300 g/mol. The second-order valence-corrected chi connectivity index (χ2v) is 7.04. The van der Waals surface area contributed by atoms with E-state index in [4.69, 9.17) is 9.47 Å². The summed E-state index contributed by atoms with van der Waals surface area (Å²) in [6, 6.07) is 1.27. The lowest BCUT2D eigenvalue weighted by Gasteiger charge is -2.32. The average Bonchev–Trinajstić information content (AvgIpc) is 2.36. The van der Waals surface area contributed by atoms with Crippen molar-refractivity contribution in [2.24, 2.45) is 0 Å². The fourth-order valence-corrected chi connectivity index (χ4v) is 2.66. The van der Waals surface area contributed by atoms with Gasteiger partial charge < -0.3 is 20.1 Å². The predicted octanol–water partition coefficient (Wildman–Crippen LogP) is 2.84. The Morgan fingerprint density at radius 1 is 1.19 bits per heavy atom. The van der Waals surface area contributed by atoms with E-state index < -0.39 is 5.60 Å². The van der Waals surface area contributed by atoms with Crippen LogP contribution in [0, 0.1) is 0 Å². The maximum absolute atomic E-state index is 11.7. The van der Waals surface area contributed by atoms with Crippen molar-refractivity contribution in [3.8, 4) is 0 Å². The first-order valence-corrected chi connectivity index (χ1v) is 8.04. The Kier molecular flexibility index (Phi) is 7.46. The fraction of sp³-hybridized carbons (Fsp3) is 0.938. The third kappa shape index (κ3) is 8.27. The average molecular weight is 300 g/mol. The zero-order valence-corrected chi connectivity index (χ0v) is 14.2. The van der Waals surface area contributed by atoms with Crippen molar-refractivity contribution in [3.05, 3.63) is 0 Å². The van der Waals surface area contributed by atoms with E-state index in [1.165, 1.54) is 0 Å². The van der Waals surface area contributed by atoms with E-state index in [9.17, 15) is 4.79 Å². The molecular weight excluding hydrogens is 268 g/mol. The standard InChI is InChI=1S/C16H32N2O3/c1-12(10-11-20-5)17-13-6-8-14(9-7-13)18-15(19)21-16(2,3)4/h12-14,17H,6-11H2,1-5H3,(H,18,19). The summed E-state index contributed by atoms with van der Waals surface area (Å²) in [6.45, 7) is 8.65. The molecule has 1 unspecified atom stereocenters. The molecule has 1 saturated carbocycles. The number of methoxy groups -OCH3 is 1. The maximum Gasteiger partial charge on any atom is 0.407 e. The number of amides is 1. The molecule has 1 fully saturated rings. The van der Waals surface area contributed by atoms with Crippen molar-refractivity contribution >= 4 is 6.09 Å². The molecule has 5 nitrogen and oxygen atoms in total. The van der Waals surface area contributed by atoms with Crippen LogP contribution in [0.3, 0.4) is 0 Å². The molecule has 5 heteroatoms. The summed E-state index contributed by atoms with van der Waals surface area (Å²) in [6.07, 6.45) is 4.94. The maximum atomic E-state index is 11.7. The van der Waals surface area contributed by atoms with Crippen molar-refractivity contribution in [2.45, 2.75) is 83.5 Å². The molecular formula is C16H32N2O3. The summed E-state index contributed by atoms with van der Waals surface area (Å²) >= 11 is 0. The highest BCUT2D eigenvalue weighted by atomic mass is 16.6. The molecule has 1 atom stereocenters. The van der Waals surface area contributed by atoms with Gasteiger partial charge in [-0.05, 0) is 59.8 Å². The summed E-state index contributed by atoms with van der Waals surface area (Å²) in [7, 11) is 1.74. The Morgan fingerprint density at radius 3 is 2.29 bits per heavy atom. The molecule has 1 rings (SSSR count). The van der Waals surface area contributed by atoms with Crippen LogP contribution in [-0.4, -0.2) is 43.5 Å². The molecule has 1 amide bonds. The summed E-state index contributed by atoms with van der Waals surface area (Å²) in [5.41, 5.74) is -0.431. The van der Waals surface area contributed by atoms with Crippen molar-refractivity contribution < 1.29 is 14.3 Å². The molecule has 0 heterocycles. The van der Waals surface area contributed by atoms with Gasteiger partial charge in [-0.25, -0.2) is 4.79 Å². The number of ether oxygens (including phenoxy) is 2. The topological polar surface area (TPSA) is 59.6 Å². The van der Waals surface area contributed by atoms with E-state index >= 15 is 0 Å². The summed E-state index contributed by atoms with van der Waals surface area (Å²) in [5, 5.41) is 6.62. The van der Waals surface area contributed by atoms with Gasteiger partial charge in [-0.1, -0.05) is 0 Å². The van der Waals surface area contributed by atoms with Crippen LogP contribution in [0.2, 0.25) is 0 Å². The fourth-order valence-electron chi connectivity index (χ4n) is 2.66. The minimum atomic E-state index is -0.431. The molecule has 1 aliphatic rings. The minimum Gasteiger partial charge on any atom is -0.444 e. The predicted molar refractivity (Wildman–Crippen MR) is 84.5 cm³/mol. The van der Waals surface area contributed by atoms with Gasteiger partial charge in [0.2, 0.25) is 0 Å². The van der Waals surface area contributed by atoms with Gasteiger partial charge in [0.1, 0.15) is 5.60 Å². The molecule has 1 aliphatic carbocycles. The highest BCUT2D eigenvalue weighted by Gasteiger charge is 2.25. The smallest absolute Gasteiger partial charge is 0.407 e. The summed E-state index contributed by atoms with van der Waals surface area (Å²) in [5.74, 6) is 0. The molecule has 124 valence electrons. The van der Waals surface area contributed by atoms with E-state index in [2.05, 4.69) is 17.6 Å². The normalized spacial score (nSPS) is 24.4. The molecule has 0 radical (unpaired) electrons. The van der Waals surface area contributed by atoms with Crippen LogP contribution < -0.4 is 10.6 Å². The first-order chi connectivity index (χ1) is 9.80. The lowest BCUT2D eigenvalue weighted by Crippen LogP contribution is -2.45. The van der Waals surface area contributed by atoms with E-state index in [0.717, 1.165) is 38.7 Å². The summed E-state index contributed by atoms with van der Waals surface area (Å²) < 4.78 is 10.4. The molecule has 0 saturated heterocycles. The lowest BCUT2D eigenvalue weighted by atomic mass is 9.90. The highest BCUT2D eigenvalue weighted by Crippen LogP contribution is 2.20. The second-order valence-electron chi connectivity index (χ2n) is 7.04. The number of carbonyl (C=O) groups is 1. The first-order valence-electron chi connectivity index (χ1n) is 8.04. The van der Waals surface area contributed by atoms with Crippen LogP contribution in [-0.2, 0) is 9.47 Å². The molecule has 0 aromatic heterocycles. The van der Waals surface area contributed by atoms with Crippen LogP contribution >= 0.6 is 0 Å². The van der Waals surface area contributed by atoms with Gasteiger partial charge in [-0.3, -0.25) is 0 Å². The van der Waals surface area contributed by atoms with Crippen LogP contribution in [0.4, 0.5) is 4.79 Å². The van der Waals surface area contributed by atoms with Crippen LogP contribution in [0.25, 0.3) is 0 Å². The number of hydrogen-bond donors (Lipinski definition) is 2. The number of carbonyl (C=O) groups excluding carboxylic acids is 1. The highest BCUT2D eigenvalue weighted by molar-refractivity contribution is 5.68. The van der Waals surface area contributed by atoms with Gasteiger partial charge in [0, 0.05) is 31.8 Å². The number of nitrogens with one attached hydrogen (secondary N) is 2. The zero-order valence-electron chi connectivity index (χ0n) is 14.2. The summed E-state index contributed by atoms with van der Waals surface area (Å²) in [4.78, 5) is 11.7. The molecule has 2 N–H and O–H groups in total. The number of alkyl carbamates (subject to hydrolysis) is 1. The van der Waals surface area contributed by atoms with Gasteiger partial charge in [-0.15, -0.1) is 0 Å². The Labute approximate surface area is 129 Å². The first kappa shape index (κ1) is 18.2. The zero-order chi connectivity index (χ0) is 15.9. The van der Waals surface area contributed by atoms with Crippen LogP contribution in [0.15, 0.2) is 0 Å². The van der Waals surface area contributed by atoms with Crippen molar-refractivity contribution in [3.63, 3.8) is 0 Å². The van der Waals surface area contributed by atoms with Crippen LogP contribution in [0.5, 0.6) is 0 Å².